The maximum Gasteiger partial charge on any atom is 0.427 e. The molecule has 1 heterocycles. The van der Waals surface area contributed by atoms with E-state index in [4.69, 9.17) is 5.11 Å². The molecule has 0 bridgehead atoms. The lowest BCUT2D eigenvalue weighted by molar-refractivity contribution is 0.141. The fraction of sp³-hybridized carbons (Fsp3) is 0.333. The van der Waals surface area contributed by atoms with Crippen molar-refractivity contribution < 1.29 is 9.90 Å². The van der Waals surface area contributed by atoms with E-state index in [0.29, 0.717) is 0 Å². The van der Waals surface area contributed by atoms with Gasteiger partial charge < -0.3 is 5.11 Å². The number of hydrazine groups is 1. The predicted octanol–water partition coefficient (Wildman–Crippen LogP) is -0.530. The van der Waals surface area contributed by atoms with Gasteiger partial charge in [0.05, 0.1) is 0 Å². The Balaban J connectivity index is 2.41. The smallest absolute Gasteiger partial charge is 0.427 e. The van der Waals surface area contributed by atoms with Gasteiger partial charge >= 0.3 is 6.09 Å². The highest BCUT2D eigenvalue weighted by Crippen LogP contribution is 1.86. The highest BCUT2D eigenvalue weighted by Gasteiger charge is 2.10. The Morgan fingerprint density at radius 3 is 3.00 bits per heavy atom. The van der Waals surface area contributed by atoms with Crippen molar-refractivity contribution in [2.24, 2.45) is 4.99 Å². The second kappa shape index (κ2) is 1.69. The number of carbonyl (C=O) groups is 1. The first kappa shape index (κ1) is 4.89. The van der Waals surface area contributed by atoms with Crippen molar-refractivity contribution in [3.05, 3.63) is 0 Å². The molecule has 0 fully saturated rings. The quantitative estimate of drug-likeness (QED) is 0.446. The molecule has 1 rings (SSSR count). The second-order valence-electron chi connectivity index (χ2n) is 1.29. The largest absolute Gasteiger partial charge is 0.464 e. The van der Waals surface area contributed by atoms with Crippen LogP contribution in [0.15, 0.2) is 4.99 Å². The fourth-order valence-electron chi connectivity index (χ4n) is 0.390. The van der Waals surface area contributed by atoms with Gasteiger partial charge in [-0.05, 0) is 0 Å². The summed E-state index contributed by atoms with van der Waals surface area (Å²) in [7, 11) is 0. The molecule has 0 radical (unpaired) electrons. The molecule has 0 spiro atoms. The van der Waals surface area contributed by atoms with Crippen LogP contribution >= 0.6 is 0 Å². The minimum absolute atomic E-state index is 0.190. The van der Waals surface area contributed by atoms with Gasteiger partial charge in [0.1, 0.15) is 13.0 Å². The molecule has 0 saturated carbocycles. The van der Waals surface area contributed by atoms with Gasteiger partial charge in [0.15, 0.2) is 0 Å². The van der Waals surface area contributed by atoms with Crippen LogP contribution in [-0.4, -0.2) is 29.2 Å². The van der Waals surface area contributed by atoms with Crippen molar-refractivity contribution in [1.82, 2.24) is 10.4 Å². The number of aliphatic imine (C=N–C) groups is 1. The van der Waals surface area contributed by atoms with E-state index in [2.05, 4.69) is 10.4 Å². The summed E-state index contributed by atoms with van der Waals surface area (Å²) in [6.45, 7) is 0.190. The number of amides is 1. The summed E-state index contributed by atoms with van der Waals surface area (Å²) in [5.41, 5.74) is 2.40. The van der Waals surface area contributed by atoms with Gasteiger partial charge in [-0.1, -0.05) is 0 Å². The lowest BCUT2D eigenvalue weighted by Crippen LogP contribution is -2.36. The molecule has 0 aromatic heterocycles. The van der Waals surface area contributed by atoms with Crippen molar-refractivity contribution in [3.63, 3.8) is 0 Å². The summed E-state index contributed by atoms with van der Waals surface area (Å²) in [5.74, 6) is 0. The van der Waals surface area contributed by atoms with Crippen LogP contribution in [0.25, 0.3) is 0 Å². The monoisotopic (exact) mass is 115 g/mol. The number of carboxylic acid groups (broad SMARTS) is 1. The molecule has 0 atom stereocenters. The zero-order chi connectivity index (χ0) is 5.98. The topological polar surface area (TPSA) is 64.9 Å². The molecular formula is C3H5N3O2. The van der Waals surface area contributed by atoms with E-state index in [1.807, 2.05) is 0 Å². The van der Waals surface area contributed by atoms with Crippen LogP contribution in [0.5, 0.6) is 0 Å². The van der Waals surface area contributed by atoms with E-state index < -0.39 is 6.09 Å². The SMILES string of the molecule is O=C(O)N1CN=CN1. The fourth-order valence-corrected chi connectivity index (χ4v) is 0.390. The average molecular weight is 115 g/mol. The van der Waals surface area contributed by atoms with E-state index in [0.717, 1.165) is 5.01 Å². The zero-order valence-electron chi connectivity index (χ0n) is 4.03. The van der Waals surface area contributed by atoms with Crippen LogP contribution in [0.1, 0.15) is 0 Å². The van der Waals surface area contributed by atoms with Crippen LogP contribution in [0.3, 0.4) is 0 Å². The van der Waals surface area contributed by atoms with E-state index in [1.165, 1.54) is 6.34 Å². The molecule has 0 aromatic carbocycles. The number of nitrogens with zero attached hydrogens (tertiary/aromatic N) is 2. The molecule has 2 N–H and O–H groups in total. The standard InChI is InChI=1S/C3H5N3O2/c7-3(8)6-2-4-1-5-6/h1H,2H2,(H,4,5)(H,7,8). The van der Waals surface area contributed by atoms with Crippen LogP contribution in [0.4, 0.5) is 4.79 Å². The van der Waals surface area contributed by atoms with Gasteiger partial charge in [-0.25, -0.2) is 4.79 Å². The summed E-state index contributed by atoms with van der Waals surface area (Å²) in [6.07, 6.45) is 0.330. The van der Waals surface area contributed by atoms with E-state index in [9.17, 15) is 4.79 Å². The number of hydrogen-bond acceptors (Lipinski definition) is 3. The Morgan fingerprint density at radius 2 is 2.75 bits per heavy atom. The Labute approximate surface area is 45.6 Å². The van der Waals surface area contributed by atoms with Crippen LogP contribution in [0, 0.1) is 0 Å². The van der Waals surface area contributed by atoms with Gasteiger partial charge in [-0.3, -0.25) is 10.4 Å². The summed E-state index contributed by atoms with van der Waals surface area (Å²) < 4.78 is 0. The van der Waals surface area contributed by atoms with E-state index in [1.54, 1.807) is 0 Å². The van der Waals surface area contributed by atoms with Gasteiger partial charge in [0, 0.05) is 0 Å². The molecule has 1 aliphatic rings. The average Bonchev–Trinajstić information content (AvgIpc) is 2.12. The van der Waals surface area contributed by atoms with Crippen LogP contribution < -0.4 is 5.43 Å². The van der Waals surface area contributed by atoms with E-state index in [-0.39, 0.29) is 6.67 Å². The Hall–Kier alpha value is -1.26. The van der Waals surface area contributed by atoms with Crippen molar-refractivity contribution in [2.75, 3.05) is 6.67 Å². The molecule has 0 aliphatic carbocycles. The first-order chi connectivity index (χ1) is 3.80. The van der Waals surface area contributed by atoms with Crippen LogP contribution in [0.2, 0.25) is 0 Å². The van der Waals surface area contributed by atoms with Crippen molar-refractivity contribution in [1.29, 1.82) is 0 Å². The second-order valence-corrected chi connectivity index (χ2v) is 1.29. The lowest BCUT2D eigenvalue weighted by atomic mass is 11.0. The Kier molecular flexibility index (Phi) is 1.03. The third-order valence-corrected chi connectivity index (χ3v) is 0.759. The Bertz CT molecular complexity index is 124. The first-order valence-corrected chi connectivity index (χ1v) is 2.05. The lowest BCUT2D eigenvalue weighted by Gasteiger charge is -2.07. The summed E-state index contributed by atoms with van der Waals surface area (Å²) >= 11 is 0. The van der Waals surface area contributed by atoms with Crippen LogP contribution in [-0.2, 0) is 0 Å². The maximum absolute atomic E-state index is 9.98. The minimum atomic E-state index is -1.01. The van der Waals surface area contributed by atoms with Gasteiger partial charge in [0.25, 0.3) is 0 Å². The molecule has 0 unspecified atom stereocenters. The highest BCUT2D eigenvalue weighted by atomic mass is 16.4. The third kappa shape index (κ3) is 0.699. The number of rotatable bonds is 0. The maximum atomic E-state index is 9.98. The summed E-state index contributed by atoms with van der Waals surface area (Å²) in [6, 6.07) is 0. The molecule has 1 aliphatic heterocycles. The molecule has 0 aromatic rings. The molecule has 5 heteroatoms. The molecular weight excluding hydrogens is 110 g/mol. The summed E-state index contributed by atoms with van der Waals surface area (Å²) in [4.78, 5) is 13.6. The zero-order valence-corrected chi connectivity index (χ0v) is 4.03. The van der Waals surface area contributed by atoms with E-state index >= 15 is 0 Å². The van der Waals surface area contributed by atoms with Crippen molar-refractivity contribution in [2.45, 2.75) is 0 Å². The molecule has 44 valence electrons. The number of hydrogen-bond donors (Lipinski definition) is 2. The minimum Gasteiger partial charge on any atom is -0.464 e. The Morgan fingerprint density at radius 1 is 2.00 bits per heavy atom. The van der Waals surface area contributed by atoms with Gasteiger partial charge in [0.2, 0.25) is 0 Å². The normalized spacial score (nSPS) is 16.2. The first-order valence-electron chi connectivity index (χ1n) is 2.05. The van der Waals surface area contributed by atoms with Gasteiger partial charge in [-0.15, -0.1) is 0 Å². The van der Waals surface area contributed by atoms with Crippen molar-refractivity contribution in [3.8, 4) is 0 Å². The highest BCUT2D eigenvalue weighted by molar-refractivity contribution is 5.69. The molecule has 8 heavy (non-hydrogen) atoms. The van der Waals surface area contributed by atoms with Gasteiger partial charge in [-0.2, -0.15) is 5.01 Å². The van der Waals surface area contributed by atoms with Crippen molar-refractivity contribution >= 4 is 12.4 Å². The number of nitrogens with one attached hydrogen (secondary N) is 1. The predicted molar refractivity (Wildman–Crippen MR) is 26.4 cm³/mol. The molecule has 1 amide bonds. The molecule has 0 saturated heterocycles. The molecule has 5 nitrogen and oxygen atoms in total. The third-order valence-electron chi connectivity index (χ3n) is 0.759. The summed E-state index contributed by atoms with van der Waals surface area (Å²) in [5, 5.41) is 9.17.